The smallest absolute Gasteiger partial charge is 0.293 e. The van der Waals surface area contributed by atoms with E-state index in [9.17, 15) is 4.79 Å². The summed E-state index contributed by atoms with van der Waals surface area (Å²) in [5.41, 5.74) is 9.50. The minimum atomic E-state index is -0.554. The Morgan fingerprint density at radius 3 is 2.68 bits per heavy atom. The molecule has 0 aliphatic rings. The third-order valence-corrected chi connectivity index (χ3v) is 5.60. The molecular weight excluding hydrogens is 460 g/mol. The number of anilines is 1. The summed E-state index contributed by atoms with van der Waals surface area (Å²) < 4.78 is 16.5. The predicted octanol–water partition coefficient (Wildman–Crippen LogP) is 2.31. The average molecular weight is 481 g/mol. The maximum atomic E-state index is 12.9. The van der Waals surface area contributed by atoms with Crippen LogP contribution in [0.1, 0.15) is 21.7 Å². The number of methoxy groups -OCH3 is 2. The summed E-state index contributed by atoms with van der Waals surface area (Å²) in [5, 5.41) is 19.4. The molecule has 12 nitrogen and oxygen atoms in total. The fourth-order valence-corrected chi connectivity index (χ4v) is 3.85. The van der Waals surface area contributed by atoms with Gasteiger partial charge in [-0.1, -0.05) is 23.4 Å². The van der Waals surface area contributed by atoms with Gasteiger partial charge in [0, 0.05) is 10.6 Å². The zero-order chi connectivity index (χ0) is 23.9. The van der Waals surface area contributed by atoms with E-state index < -0.39 is 5.91 Å². The van der Waals surface area contributed by atoms with Gasteiger partial charge in [-0.3, -0.25) is 4.79 Å². The maximum absolute atomic E-state index is 12.9. The highest BCUT2D eigenvalue weighted by Crippen LogP contribution is 2.27. The lowest BCUT2D eigenvalue weighted by Gasteiger charge is -2.07. The Kier molecular flexibility index (Phi) is 7.03. The lowest BCUT2D eigenvalue weighted by Crippen LogP contribution is -2.20. The van der Waals surface area contributed by atoms with Crippen molar-refractivity contribution < 1.29 is 18.9 Å². The van der Waals surface area contributed by atoms with Crippen LogP contribution < -0.4 is 20.6 Å². The Balaban J connectivity index is 1.55. The number of nitrogens with two attached hydrogens (primary N) is 1. The lowest BCUT2D eigenvalue weighted by molar-refractivity contribution is 0.0949. The van der Waals surface area contributed by atoms with E-state index in [1.165, 1.54) is 29.8 Å². The number of nitrogen functional groups attached to an aromatic ring is 1. The number of nitrogens with zero attached hydrogens (tertiary/aromatic N) is 6. The largest absolute Gasteiger partial charge is 0.493 e. The molecule has 174 valence electrons. The first-order valence-corrected chi connectivity index (χ1v) is 10.9. The van der Waals surface area contributed by atoms with E-state index in [-0.39, 0.29) is 17.3 Å². The summed E-state index contributed by atoms with van der Waals surface area (Å²) in [5.74, 6) is 1.09. The van der Waals surface area contributed by atoms with Gasteiger partial charge in [0.25, 0.3) is 5.91 Å². The van der Waals surface area contributed by atoms with E-state index in [0.29, 0.717) is 28.5 Å². The van der Waals surface area contributed by atoms with Crippen molar-refractivity contribution in [3.05, 3.63) is 65.5 Å². The van der Waals surface area contributed by atoms with Crippen LogP contribution in [0.2, 0.25) is 0 Å². The van der Waals surface area contributed by atoms with Crippen LogP contribution in [-0.2, 0) is 5.75 Å². The molecule has 34 heavy (non-hydrogen) atoms. The number of carbonyl (C=O) groups is 1. The summed E-state index contributed by atoms with van der Waals surface area (Å²) in [6.07, 6.45) is 1.47. The van der Waals surface area contributed by atoms with E-state index in [1.54, 1.807) is 25.3 Å². The second-order valence-corrected chi connectivity index (χ2v) is 7.73. The molecule has 2 aromatic heterocycles. The van der Waals surface area contributed by atoms with Gasteiger partial charge in [0.15, 0.2) is 17.2 Å². The summed E-state index contributed by atoms with van der Waals surface area (Å²) >= 11 is 1.49. The highest BCUT2D eigenvalue weighted by atomic mass is 32.2. The van der Waals surface area contributed by atoms with Gasteiger partial charge in [0.05, 0.1) is 26.1 Å². The first-order valence-electron chi connectivity index (χ1n) is 9.87. The molecule has 4 aromatic rings. The zero-order valence-electron chi connectivity index (χ0n) is 18.2. The Hall–Kier alpha value is -4.39. The molecule has 0 aliphatic heterocycles. The fraction of sp³-hybridized carbons (Fsp3) is 0.143. The predicted molar refractivity (Wildman–Crippen MR) is 124 cm³/mol. The van der Waals surface area contributed by atoms with Crippen molar-refractivity contribution in [2.24, 2.45) is 5.10 Å². The van der Waals surface area contributed by atoms with Crippen molar-refractivity contribution >= 4 is 29.7 Å². The third-order valence-electron chi connectivity index (χ3n) is 4.58. The molecule has 3 N–H and O–H groups in total. The highest BCUT2D eigenvalue weighted by molar-refractivity contribution is 7.98. The van der Waals surface area contributed by atoms with Crippen molar-refractivity contribution in [3.63, 3.8) is 0 Å². The molecule has 0 unspecified atom stereocenters. The molecule has 13 heteroatoms. The lowest BCUT2D eigenvalue weighted by atomic mass is 10.2. The third kappa shape index (κ3) is 4.99. The maximum Gasteiger partial charge on any atom is 0.293 e. The summed E-state index contributed by atoms with van der Waals surface area (Å²) in [4.78, 5) is 13.9. The van der Waals surface area contributed by atoms with Crippen LogP contribution in [0.15, 0.2) is 63.2 Å². The van der Waals surface area contributed by atoms with Gasteiger partial charge in [0.2, 0.25) is 11.6 Å². The van der Waals surface area contributed by atoms with Crippen LogP contribution in [0.4, 0.5) is 5.82 Å². The number of nitrogens with one attached hydrogen (secondary N) is 1. The van der Waals surface area contributed by atoms with Crippen LogP contribution in [0.25, 0.3) is 5.82 Å². The van der Waals surface area contributed by atoms with Crippen LogP contribution in [0.3, 0.4) is 0 Å². The standard InChI is InChI=1S/C21H20N8O4S/c1-31-16-9-8-13(10-17(16)32-2)11-23-25-21(30)18-15(12-34-14-6-4-3-5-7-14)29(28-24-18)20-19(22)26-33-27-20/h3-11H,12H2,1-2H3,(H2,22,26)(H,25,30)/b23-11+. The molecule has 0 saturated carbocycles. The molecular formula is C21H20N8O4S. The van der Waals surface area contributed by atoms with Gasteiger partial charge in [-0.25, -0.2) is 10.1 Å². The topological polar surface area (TPSA) is 156 Å². The number of aromatic nitrogens is 5. The van der Waals surface area contributed by atoms with E-state index >= 15 is 0 Å². The minimum Gasteiger partial charge on any atom is -0.493 e. The number of hydrogen-bond donors (Lipinski definition) is 2. The highest BCUT2D eigenvalue weighted by Gasteiger charge is 2.24. The van der Waals surface area contributed by atoms with Crippen LogP contribution >= 0.6 is 11.8 Å². The number of ether oxygens (including phenoxy) is 2. The van der Waals surface area contributed by atoms with Crippen molar-refractivity contribution in [3.8, 4) is 17.3 Å². The molecule has 0 atom stereocenters. The molecule has 0 spiro atoms. The Labute approximate surface area is 198 Å². The normalized spacial score (nSPS) is 11.0. The summed E-state index contributed by atoms with van der Waals surface area (Å²) in [6, 6.07) is 14.9. The van der Waals surface area contributed by atoms with Gasteiger partial charge in [-0.05, 0) is 46.2 Å². The van der Waals surface area contributed by atoms with Crippen LogP contribution in [0.5, 0.6) is 11.5 Å². The van der Waals surface area contributed by atoms with Crippen molar-refractivity contribution in [2.45, 2.75) is 10.6 Å². The fourth-order valence-electron chi connectivity index (χ4n) is 2.94. The van der Waals surface area contributed by atoms with Gasteiger partial charge >= 0.3 is 0 Å². The van der Waals surface area contributed by atoms with Crippen LogP contribution in [0, 0.1) is 0 Å². The Morgan fingerprint density at radius 1 is 1.18 bits per heavy atom. The second kappa shape index (κ2) is 10.5. The van der Waals surface area contributed by atoms with E-state index in [2.05, 4.69) is 35.8 Å². The number of hydrazone groups is 1. The Bertz CT molecular complexity index is 1310. The molecule has 0 saturated heterocycles. The molecule has 1 amide bonds. The number of carbonyl (C=O) groups excluding carboxylic acids is 1. The Morgan fingerprint density at radius 2 is 1.97 bits per heavy atom. The molecule has 0 aliphatic carbocycles. The summed E-state index contributed by atoms with van der Waals surface area (Å²) in [7, 11) is 3.09. The quantitative estimate of drug-likeness (QED) is 0.207. The molecule has 0 fully saturated rings. The van der Waals surface area contributed by atoms with Crippen molar-refractivity contribution in [1.82, 2.24) is 30.7 Å². The summed E-state index contributed by atoms with van der Waals surface area (Å²) in [6.45, 7) is 0. The minimum absolute atomic E-state index is 0.0225. The molecule has 2 aromatic carbocycles. The average Bonchev–Trinajstić information content (AvgIpc) is 3.48. The number of thioether (sulfide) groups is 1. The first kappa shape index (κ1) is 22.8. The van der Waals surface area contributed by atoms with E-state index in [1.807, 2.05) is 30.3 Å². The number of amides is 1. The molecule has 2 heterocycles. The van der Waals surface area contributed by atoms with E-state index in [0.717, 1.165) is 4.90 Å². The van der Waals surface area contributed by atoms with Gasteiger partial charge in [-0.2, -0.15) is 9.78 Å². The molecule has 0 bridgehead atoms. The number of hydrogen-bond acceptors (Lipinski definition) is 11. The van der Waals surface area contributed by atoms with Crippen molar-refractivity contribution in [2.75, 3.05) is 20.0 Å². The molecule has 0 radical (unpaired) electrons. The van der Waals surface area contributed by atoms with Crippen LogP contribution in [-0.4, -0.2) is 51.6 Å². The first-order chi connectivity index (χ1) is 16.6. The number of rotatable bonds is 9. The zero-order valence-corrected chi connectivity index (χ0v) is 19.0. The second-order valence-electron chi connectivity index (χ2n) is 6.68. The molecule has 4 rings (SSSR count). The number of benzene rings is 2. The van der Waals surface area contributed by atoms with Gasteiger partial charge < -0.3 is 15.2 Å². The monoisotopic (exact) mass is 480 g/mol. The SMILES string of the molecule is COc1ccc(/C=N/NC(=O)c2nnn(-c3nonc3N)c2CSc2ccccc2)cc1OC. The van der Waals surface area contributed by atoms with Crippen molar-refractivity contribution in [1.29, 1.82) is 0 Å². The van der Waals surface area contributed by atoms with Gasteiger partial charge in [0.1, 0.15) is 0 Å². The van der Waals surface area contributed by atoms with Gasteiger partial charge in [-0.15, -0.1) is 16.9 Å². The van der Waals surface area contributed by atoms with E-state index in [4.69, 9.17) is 15.2 Å².